The number of nitrogens with one attached hydrogen (secondary N) is 1. The molecule has 0 fully saturated rings. The number of hydrogen-bond acceptors (Lipinski definition) is 5. The van der Waals surface area contributed by atoms with Gasteiger partial charge in [0.15, 0.2) is 6.10 Å². The molecule has 0 radical (unpaired) electrons. The number of ether oxygens (including phenoxy) is 1. The minimum atomic E-state index is -0.868. The van der Waals surface area contributed by atoms with Crippen molar-refractivity contribution in [1.82, 2.24) is 9.97 Å². The number of fused-ring (bicyclic) bond motifs is 1. The largest absolute Gasteiger partial charge is 0.454 e. The van der Waals surface area contributed by atoms with Crippen molar-refractivity contribution >= 4 is 34.0 Å². The van der Waals surface area contributed by atoms with Gasteiger partial charge in [-0.05, 0) is 19.9 Å². The molecule has 0 saturated carbocycles. The molecule has 1 atom stereocenters. The number of H-pyrrole nitrogens is 1. The van der Waals surface area contributed by atoms with Crippen molar-refractivity contribution < 1.29 is 14.3 Å². The zero-order chi connectivity index (χ0) is 20.4. The lowest BCUT2D eigenvalue weighted by Crippen LogP contribution is -2.25. The molecule has 2 aromatic heterocycles. The minimum Gasteiger partial charge on any atom is -0.454 e. The van der Waals surface area contributed by atoms with Crippen LogP contribution >= 0.6 is 11.3 Å². The van der Waals surface area contributed by atoms with Gasteiger partial charge in [0.1, 0.15) is 5.01 Å². The van der Waals surface area contributed by atoms with Crippen molar-refractivity contribution in [3.8, 4) is 10.6 Å². The number of aryl methyl sites for hydroxylation is 1. The molecule has 0 aliphatic rings. The van der Waals surface area contributed by atoms with Gasteiger partial charge in [-0.3, -0.25) is 9.59 Å². The standard InChI is InChI=1S/C23H20N2O3S/c1-14-21(18-10-6-7-11-19(18)24-14)22(27)15(2)28-20(26)12-17-13-29-23(25-17)16-8-4-3-5-9-16/h3-11,13,15,24H,12H2,1-2H3. The van der Waals surface area contributed by atoms with Gasteiger partial charge in [0.05, 0.1) is 12.1 Å². The molecule has 146 valence electrons. The van der Waals surface area contributed by atoms with Crippen LogP contribution < -0.4 is 0 Å². The van der Waals surface area contributed by atoms with E-state index >= 15 is 0 Å². The Morgan fingerprint density at radius 3 is 2.62 bits per heavy atom. The van der Waals surface area contributed by atoms with Crippen LogP contribution in [0.25, 0.3) is 21.5 Å². The number of Topliss-reactive ketones (excluding diaryl/α,β-unsaturated/α-hetero) is 1. The second-order valence-electron chi connectivity index (χ2n) is 6.85. The number of hydrogen-bond donors (Lipinski definition) is 1. The summed E-state index contributed by atoms with van der Waals surface area (Å²) in [5.74, 6) is -0.676. The molecule has 1 N–H and O–H groups in total. The Morgan fingerprint density at radius 1 is 1.10 bits per heavy atom. The van der Waals surface area contributed by atoms with E-state index in [1.54, 1.807) is 6.92 Å². The monoisotopic (exact) mass is 404 g/mol. The van der Waals surface area contributed by atoms with Gasteiger partial charge in [0, 0.05) is 33.1 Å². The Kier molecular flexibility index (Phi) is 5.27. The molecule has 0 saturated heterocycles. The normalized spacial score (nSPS) is 12.1. The summed E-state index contributed by atoms with van der Waals surface area (Å²) < 4.78 is 5.42. The van der Waals surface area contributed by atoms with Gasteiger partial charge in [-0.2, -0.15) is 0 Å². The number of rotatable bonds is 6. The number of esters is 1. The summed E-state index contributed by atoms with van der Waals surface area (Å²) in [5.41, 5.74) is 3.88. The first-order valence-corrected chi connectivity index (χ1v) is 10.2. The third kappa shape index (κ3) is 3.98. The van der Waals surface area contributed by atoms with E-state index in [9.17, 15) is 9.59 Å². The van der Waals surface area contributed by atoms with Crippen molar-refractivity contribution in [3.05, 3.63) is 76.9 Å². The van der Waals surface area contributed by atoms with Crippen LogP contribution in [0, 0.1) is 6.92 Å². The van der Waals surface area contributed by atoms with Crippen LogP contribution in [0.1, 0.15) is 28.7 Å². The van der Waals surface area contributed by atoms with Gasteiger partial charge in [-0.1, -0.05) is 48.5 Å². The number of thiazole rings is 1. The minimum absolute atomic E-state index is 0.0355. The van der Waals surface area contributed by atoms with E-state index in [1.807, 2.05) is 66.9 Å². The van der Waals surface area contributed by atoms with Gasteiger partial charge in [0.2, 0.25) is 5.78 Å². The maximum absolute atomic E-state index is 12.9. The van der Waals surface area contributed by atoms with Gasteiger partial charge >= 0.3 is 5.97 Å². The molecular formula is C23H20N2O3S. The zero-order valence-electron chi connectivity index (χ0n) is 16.1. The molecule has 6 heteroatoms. The number of benzene rings is 2. The van der Waals surface area contributed by atoms with Crippen molar-refractivity contribution in [2.24, 2.45) is 0 Å². The average molecular weight is 404 g/mol. The fourth-order valence-electron chi connectivity index (χ4n) is 3.34. The summed E-state index contributed by atoms with van der Waals surface area (Å²) >= 11 is 1.48. The topological polar surface area (TPSA) is 72.1 Å². The van der Waals surface area contributed by atoms with Crippen molar-refractivity contribution in [2.75, 3.05) is 0 Å². The summed E-state index contributed by atoms with van der Waals surface area (Å²) in [6.45, 7) is 3.46. The lowest BCUT2D eigenvalue weighted by Gasteiger charge is -2.12. The molecule has 4 rings (SSSR count). The van der Waals surface area contributed by atoms with E-state index in [0.717, 1.165) is 27.2 Å². The summed E-state index contributed by atoms with van der Waals surface area (Å²) in [5, 5.41) is 3.54. The third-order valence-corrected chi connectivity index (χ3v) is 5.66. The highest BCUT2D eigenvalue weighted by molar-refractivity contribution is 7.13. The van der Waals surface area contributed by atoms with E-state index in [4.69, 9.17) is 4.74 Å². The van der Waals surface area contributed by atoms with Gasteiger partial charge in [-0.25, -0.2) is 4.98 Å². The van der Waals surface area contributed by atoms with Crippen LogP contribution in [-0.2, 0) is 16.0 Å². The Bertz CT molecular complexity index is 1180. The molecule has 4 aromatic rings. The predicted octanol–water partition coefficient (Wildman–Crippen LogP) is 4.96. The highest BCUT2D eigenvalue weighted by atomic mass is 32.1. The highest BCUT2D eigenvalue weighted by Gasteiger charge is 2.24. The Morgan fingerprint density at radius 2 is 1.83 bits per heavy atom. The number of nitrogens with zero attached hydrogens (tertiary/aromatic N) is 1. The van der Waals surface area contributed by atoms with Crippen LogP contribution in [0.4, 0.5) is 0 Å². The van der Waals surface area contributed by atoms with E-state index in [0.29, 0.717) is 11.3 Å². The van der Waals surface area contributed by atoms with Crippen molar-refractivity contribution in [3.63, 3.8) is 0 Å². The molecule has 0 spiro atoms. The lowest BCUT2D eigenvalue weighted by atomic mass is 10.0. The maximum atomic E-state index is 12.9. The Hall–Kier alpha value is -3.25. The maximum Gasteiger partial charge on any atom is 0.312 e. The van der Waals surface area contributed by atoms with E-state index in [1.165, 1.54) is 11.3 Å². The fourth-order valence-corrected chi connectivity index (χ4v) is 4.16. The first kappa shape index (κ1) is 19.1. The van der Waals surface area contributed by atoms with Gasteiger partial charge in [-0.15, -0.1) is 11.3 Å². The molecule has 0 bridgehead atoms. The molecule has 5 nitrogen and oxygen atoms in total. The zero-order valence-corrected chi connectivity index (χ0v) is 17.0. The van der Waals surface area contributed by atoms with E-state index < -0.39 is 12.1 Å². The van der Waals surface area contributed by atoms with Crippen molar-refractivity contribution in [1.29, 1.82) is 0 Å². The molecule has 2 aromatic carbocycles. The van der Waals surface area contributed by atoms with Gasteiger partial charge in [0.25, 0.3) is 0 Å². The smallest absolute Gasteiger partial charge is 0.312 e. The SMILES string of the molecule is Cc1[nH]c2ccccc2c1C(=O)C(C)OC(=O)Cc1csc(-c2ccccc2)n1. The molecule has 0 aliphatic heterocycles. The van der Waals surface area contributed by atoms with Crippen LogP contribution in [0.15, 0.2) is 60.0 Å². The first-order chi connectivity index (χ1) is 14.0. The number of carbonyl (C=O) groups is 2. The lowest BCUT2D eigenvalue weighted by molar-refractivity contribution is -0.145. The van der Waals surface area contributed by atoms with Crippen LogP contribution in [0.5, 0.6) is 0 Å². The number of carbonyl (C=O) groups excluding carboxylic acids is 2. The summed E-state index contributed by atoms with van der Waals surface area (Å²) in [6.07, 6.45) is -0.832. The van der Waals surface area contributed by atoms with E-state index in [-0.39, 0.29) is 12.2 Å². The van der Waals surface area contributed by atoms with Crippen LogP contribution in [-0.4, -0.2) is 27.8 Å². The Labute approximate surface area is 172 Å². The number of ketones is 1. The molecule has 1 unspecified atom stereocenters. The predicted molar refractivity (Wildman–Crippen MR) is 114 cm³/mol. The molecule has 2 heterocycles. The Balaban J connectivity index is 1.44. The third-order valence-electron chi connectivity index (χ3n) is 4.72. The highest BCUT2D eigenvalue weighted by Crippen LogP contribution is 2.25. The van der Waals surface area contributed by atoms with Crippen molar-refractivity contribution in [2.45, 2.75) is 26.4 Å². The van der Waals surface area contributed by atoms with Crippen LogP contribution in [0.2, 0.25) is 0 Å². The second-order valence-corrected chi connectivity index (χ2v) is 7.71. The summed E-state index contributed by atoms with van der Waals surface area (Å²) in [6, 6.07) is 17.4. The number of aromatic amines is 1. The number of para-hydroxylation sites is 1. The van der Waals surface area contributed by atoms with Crippen LogP contribution in [0.3, 0.4) is 0 Å². The first-order valence-electron chi connectivity index (χ1n) is 9.33. The average Bonchev–Trinajstić information content (AvgIpc) is 3.31. The molecule has 29 heavy (non-hydrogen) atoms. The van der Waals surface area contributed by atoms with E-state index in [2.05, 4.69) is 9.97 Å². The summed E-state index contributed by atoms with van der Waals surface area (Å²) in [7, 11) is 0. The molecule has 0 aliphatic carbocycles. The summed E-state index contributed by atoms with van der Waals surface area (Å²) in [4.78, 5) is 33.0. The second kappa shape index (κ2) is 8.01. The molecular weight excluding hydrogens is 384 g/mol. The fraction of sp³-hybridized carbons (Fsp3) is 0.174. The molecule has 0 amide bonds. The number of aromatic nitrogens is 2. The quantitative estimate of drug-likeness (QED) is 0.364. The van der Waals surface area contributed by atoms with Gasteiger partial charge < -0.3 is 9.72 Å².